The molecule has 1 atom stereocenters. The largest absolute Gasteiger partial charge is 0.337 e. The van der Waals surface area contributed by atoms with Gasteiger partial charge in [0.15, 0.2) is 0 Å². The predicted octanol–water partition coefficient (Wildman–Crippen LogP) is 3.56. The zero-order chi connectivity index (χ0) is 14.9. The van der Waals surface area contributed by atoms with Gasteiger partial charge in [-0.1, -0.05) is 18.5 Å². The molecular weight excluding hydrogens is 269 g/mol. The highest BCUT2D eigenvalue weighted by molar-refractivity contribution is 5.55. The number of hydrogen-bond acceptors (Lipinski definition) is 4. The fraction of sp³-hybridized carbons (Fsp3) is 0.500. The van der Waals surface area contributed by atoms with E-state index in [1.165, 1.54) is 12.1 Å². The minimum Gasteiger partial charge on any atom is -0.337 e. The molecule has 1 saturated heterocycles. The Hall–Kier alpha value is -1.75. The predicted molar refractivity (Wildman–Crippen MR) is 78.3 cm³/mol. The summed E-state index contributed by atoms with van der Waals surface area (Å²) >= 11 is 0. The molecule has 1 fully saturated rings. The SMILES string of the molecule is CCCC1(c2nc(-c3cc(C)cc(F)c3)no2)CCCN1. The number of nitrogens with one attached hydrogen (secondary N) is 1. The number of rotatable bonds is 4. The van der Waals surface area contributed by atoms with E-state index < -0.39 is 0 Å². The Bertz CT molecular complexity index is 612. The number of hydrogen-bond donors (Lipinski definition) is 1. The van der Waals surface area contributed by atoms with E-state index in [1.807, 2.05) is 13.0 Å². The zero-order valence-electron chi connectivity index (χ0n) is 12.4. The van der Waals surface area contributed by atoms with Crippen LogP contribution < -0.4 is 5.32 Å². The van der Waals surface area contributed by atoms with E-state index in [0.29, 0.717) is 17.3 Å². The van der Waals surface area contributed by atoms with Gasteiger partial charge in [0.05, 0.1) is 5.54 Å². The number of nitrogens with zero attached hydrogens (tertiary/aromatic N) is 2. The maximum Gasteiger partial charge on any atom is 0.247 e. The van der Waals surface area contributed by atoms with Crippen LogP contribution in [0.25, 0.3) is 11.4 Å². The van der Waals surface area contributed by atoms with Crippen LogP contribution in [0.4, 0.5) is 4.39 Å². The van der Waals surface area contributed by atoms with Crippen LogP contribution >= 0.6 is 0 Å². The Kier molecular flexibility index (Phi) is 3.76. The van der Waals surface area contributed by atoms with E-state index in [0.717, 1.165) is 37.8 Å². The van der Waals surface area contributed by atoms with Gasteiger partial charge in [-0.3, -0.25) is 0 Å². The summed E-state index contributed by atoms with van der Waals surface area (Å²) in [4.78, 5) is 4.53. The normalized spacial score (nSPS) is 21.9. The molecule has 0 amide bonds. The quantitative estimate of drug-likeness (QED) is 0.935. The minimum absolute atomic E-state index is 0.206. The summed E-state index contributed by atoms with van der Waals surface area (Å²) in [7, 11) is 0. The first-order valence-corrected chi connectivity index (χ1v) is 7.50. The highest BCUT2D eigenvalue weighted by Gasteiger charge is 2.39. The maximum absolute atomic E-state index is 13.5. The Morgan fingerprint density at radius 2 is 2.24 bits per heavy atom. The molecule has 1 N–H and O–H groups in total. The van der Waals surface area contributed by atoms with Crippen molar-refractivity contribution in [2.45, 2.75) is 45.1 Å². The first-order chi connectivity index (χ1) is 10.1. The van der Waals surface area contributed by atoms with Crippen molar-refractivity contribution >= 4 is 0 Å². The lowest BCUT2D eigenvalue weighted by atomic mass is 9.92. The average Bonchev–Trinajstić information content (AvgIpc) is 3.07. The number of aryl methyl sites for hydroxylation is 1. The molecule has 1 aliphatic heterocycles. The van der Waals surface area contributed by atoms with Crippen LogP contribution in [0.2, 0.25) is 0 Å². The third-order valence-corrected chi connectivity index (χ3v) is 4.06. The van der Waals surface area contributed by atoms with Gasteiger partial charge in [-0.2, -0.15) is 4.98 Å². The molecular formula is C16H20FN3O. The van der Waals surface area contributed by atoms with E-state index in [9.17, 15) is 4.39 Å². The van der Waals surface area contributed by atoms with Gasteiger partial charge in [-0.25, -0.2) is 4.39 Å². The van der Waals surface area contributed by atoms with Crippen LogP contribution in [0, 0.1) is 12.7 Å². The van der Waals surface area contributed by atoms with Crippen molar-refractivity contribution in [1.82, 2.24) is 15.5 Å². The fourth-order valence-electron chi connectivity index (χ4n) is 3.14. The van der Waals surface area contributed by atoms with E-state index in [2.05, 4.69) is 22.4 Å². The average molecular weight is 289 g/mol. The van der Waals surface area contributed by atoms with Crippen molar-refractivity contribution in [3.8, 4) is 11.4 Å². The third-order valence-electron chi connectivity index (χ3n) is 4.06. The summed E-state index contributed by atoms with van der Waals surface area (Å²) in [5.74, 6) is 0.800. The molecule has 3 rings (SSSR count). The monoisotopic (exact) mass is 289 g/mol. The molecule has 1 aromatic carbocycles. The van der Waals surface area contributed by atoms with Crippen LogP contribution in [0.5, 0.6) is 0 Å². The van der Waals surface area contributed by atoms with Crippen LogP contribution in [0.1, 0.15) is 44.1 Å². The van der Waals surface area contributed by atoms with Gasteiger partial charge < -0.3 is 9.84 Å². The van der Waals surface area contributed by atoms with Gasteiger partial charge in [0.25, 0.3) is 0 Å². The van der Waals surface area contributed by atoms with Gasteiger partial charge >= 0.3 is 0 Å². The Morgan fingerprint density at radius 1 is 1.38 bits per heavy atom. The fourth-order valence-corrected chi connectivity index (χ4v) is 3.14. The van der Waals surface area contributed by atoms with Crippen LogP contribution in [-0.2, 0) is 5.54 Å². The van der Waals surface area contributed by atoms with Gasteiger partial charge in [-0.05, 0) is 56.5 Å². The van der Waals surface area contributed by atoms with Crippen molar-refractivity contribution in [3.63, 3.8) is 0 Å². The standard InChI is InChI=1S/C16H20FN3O/c1-3-5-16(6-4-7-18-16)15-19-14(20-21-15)12-8-11(2)9-13(17)10-12/h8-10,18H,3-7H2,1-2H3. The van der Waals surface area contributed by atoms with Crippen LogP contribution in [-0.4, -0.2) is 16.7 Å². The van der Waals surface area contributed by atoms with Crippen LogP contribution in [0.3, 0.4) is 0 Å². The van der Waals surface area contributed by atoms with Gasteiger partial charge in [0.1, 0.15) is 5.82 Å². The molecule has 21 heavy (non-hydrogen) atoms. The molecule has 4 nitrogen and oxygen atoms in total. The zero-order valence-corrected chi connectivity index (χ0v) is 12.4. The van der Waals surface area contributed by atoms with Crippen molar-refractivity contribution < 1.29 is 8.91 Å². The van der Waals surface area contributed by atoms with Gasteiger partial charge in [-0.15, -0.1) is 0 Å². The van der Waals surface area contributed by atoms with E-state index in [1.54, 1.807) is 0 Å². The molecule has 0 aliphatic carbocycles. The smallest absolute Gasteiger partial charge is 0.247 e. The van der Waals surface area contributed by atoms with E-state index >= 15 is 0 Å². The number of halogens is 1. The topological polar surface area (TPSA) is 51.0 Å². The first kappa shape index (κ1) is 14.2. The Labute approximate surface area is 123 Å². The summed E-state index contributed by atoms with van der Waals surface area (Å²) in [6.45, 7) is 4.97. The molecule has 0 spiro atoms. The van der Waals surface area contributed by atoms with Crippen molar-refractivity contribution in [2.75, 3.05) is 6.54 Å². The Morgan fingerprint density at radius 3 is 2.90 bits per heavy atom. The maximum atomic E-state index is 13.5. The number of aromatic nitrogens is 2. The molecule has 0 bridgehead atoms. The van der Waals surface area contributed by atoms with E-state index in [-0.39, 0.29) is 11.4 Å². The minimum atomic E-state index is -0.279. The van der Waals surface area contributed by atoms with Crippen molar-refractivity contribution in [2.24, 2.45) is 0 Å². The lowest BCUT2D eigenvalue weighted by Gasteiger charge is -2.24. The van der Waals surface area contributed by atoms with Gasteiger partial charge in [0, 0.05) is 5.56 Å². The van der Waals surface area contributed by atoms with Crippen molar-refractivity contribution in [3.05, 3.63) is 35.5 Å². The molecule has 2 aromatic rings. The second-order valence-corrected chi connectivity index (χ2v) is 5.80. The van der Waals surface area contributed by atoms with E-state index in [4.69, 9.17) is 4.52 Å². The summed E-state index contributed by atoms with van der Waals surface area (Å²) in [6, 6.07) is 4.80. The molecule has 0 radical (unpaired) electrons. The summed E-state index contributed by atoms with van der Waals surface area (Å²) in [6.07, 6.45) is 4.13. The highest BCUT2D eigenvalue weighted by Crippen LogP contribution is 2.35. The summed E-state index contributed by atoms with van der Waals surface area (Å²) in [5.41, 5.74) is 1.30. The molecule has 0 saturated carbocycles. The molecule has 1 unspecified atom stereocenters. The first-order valence-electron chi connectivity index (χ1n) is 7.50. The summed E-state index contributed by atoms with van der Waals surface area (Å²) < 4.78 is 19.0. The lowest BCUT2D eigenvalue weighted by molar-refractivity contribution is 0.241. The van der Waals surface area contributed by atoms with Crippen LogP contribution in [0.15, 0.2) is 22.7 Å². The molecule has 2 heterocycles. The molecule has 112 valence electrons. The second kappa shape index (κ2) is 5.56. The number of benzene rings is 1. The molecule has 5 heteroatoms. The molecule has 1 aromatic heterocycles. The lowest BCUT2D eigenvalue weighted by Crippen LogP contribution is -2.36. The highest BCUT2D eigenvalue weighted by atomic mass is 19.1. The third kappa shape index (κ3) is 2.70. The molecule has 1 aliphatic rings. The van der Waals surface area contributed by atoms with Crippen molar-refractivity contribution in [1.29, 1.82) is 0 Å². The summed E-state index contributed by atoms with van der Waals surface area (Å²) in [5, 5.41) is 7.55. The van der Waals surface area contributed by atoms with Gasteiger partial charge in [0.2, 0.25) is 11.7 Å². The second-order valence-electron chi connectivity index (χ2n) is 5.80. The Balaban J connectivity index is 1.95.